The lowest BCUT2D eigenvalue weighted by Crippen LogP contribution is -2.25. The van der Waals surface area contributed by atoms with Crippen LogP contribution in [0.15, 0.2) is 54.6 Å². The van der Waals surface area contributed by atoms with Crippen LogP contribution in [0.1, 0.15) is 100 Å². The molecule has 5 rings (SSSR count). The maximum atomic E-state index is 15.3. The average Bonchev–Trinajstić information content (AvgIpc) is 3.00. The summed E-state index contributed by atoms with van der Waals surface area (Å²) in [6.07, 6.45) is 7.37. The van der Waals surface area contributed by atoms with E-state index >= 15 is 4.39 Å². The van der Waals surface area contributed by atoms with E-state index in [0.717, 1.165) is 49.5 Å². The monoisotopic (exact) mass is 668 g/mol. The molecule has 2 saturated carbocycles. The molecule has 0 radical (unpaired) electrons. The topological polar surface area (TPSA) is 9.23 Å². The van der Waals surface area contributed by atoms with Gasteiger partial charge in [-0.2, -0.15) is 8.78 Å². The summed E-state index contributed by atoms with van der Waals surface area (Å²) < 4.78 is 132. The summed E-state index contributed by atoms with van der Waals surface area (Å²) in [6.45, 7) is 2.05. The summed E-state index contributed by atoms with van der Waals surface area (Å²) >= 11 is 0. The average molecular weight is 669 g/mol. The molecule has 0 spiro atoms. The van der Waals surface area contributed by atoms with Crippen LogP contribution in [0.2, 0.25) is 0 Å². The second-order valence-corrected chi connectivity index (χ2v) is 12.8. The van der Waals surface area contributed by atoms with Gasteiger partial charge in [-0.05, 0) is 111 Å². The van der Waals surface area contributed by atoms with E-state index in [9.17, 15) is 35.1 Å². The summed E-state index contributed by atoms with van der Waals surface area (Å²) in [5, 5.41) is 0. The van der Waals surface area contributed by atoms with Crippen molar-refractivity contribution in [1.29, 1.82) is 0 Å². The Bertz CT molecular complexity index is 1520. The van der Waals surface area contributed by atoms with Crippen LogP contribution in [0.4, 0.5) is 39.5 Å². The van der Waals surface area contributed by atoms with Crippen molar-refractivity contribution in [1.82, 2.24) is 0 Å². The quantitative estimate of drug-likeness (QED) is 0.154. The zero-order valence-electron chi connectivity index (χ0n) is 26.0. The van der Waals surface area contributed by atoms with E-state index in [0.29, 0.717) is 18.1 Å². The van der Waals surface area contributed by atoms with Gasteiger partial charge in [0.15, 0.2) is 0 Å². The van der Waals surface area contributed by atoms with Crippen LogP contribution in [-0.4, -0.2) is 0 Å². The number of hydrogen-bond donors (Lipinski definition) is 0. The van der Waals surface area contributed by atoms with Gasteiger partial charge < -0.3 is 4.74 Å². The third-order valence-electron chi connectivity index (χ3n) is 9.93. The molecule has 2 aliphatic carbocycles. The van der Waals surface area contributed by atoms with Gasteiger partial charge in [0.1, 0.15) is 40.4 Å². The molecule has 0 N–H and O–H groups in total. The number of allylic oxidation sites excluding steroid dienone is 2. The van der Waals surface area contributed by atoms with Gasteiger partial charge in [0.2, 0.25) is 0 Å². The fourth-order valence-electron chi connectivity index (χ4n) is 7.42. The van der Waals surface area contributed by atoms with E-state index in [4.69, 9.17) is 0 Å². The van der Waals surface area contributed by atoms with Crippen LogP contribution in [0, 0.1) is 46.8 Å². The first-order valence-electron chi connectivity index (χ1n) is 16.1. The van der Waals surface area contributed by atoms with E-state index in [1.54, 1.807) is 6.07 Å². The molecule has 2 aliphatic rings. The zero-order chi connectivity index (χ0) is 33.9. The molecule has 3 aromatic carbocycles. The van der Waals surface area contributed by atoms with Gasteiger partial charge in [-0.25, -0.2) is 30.7 Å². The van der Waals surface area contributed by atoms with Gasteiger partial charge in [-0.15, -0.1) is 0 Å². The molecular formula is C37H37F9O. The highest BCUT2D eigenvalue weighted by atomic mass is 19.3. The molecule has 0 aromatic heterocycles. The van der Waals surface area contributed by atoms with Crippen molar-refractivity contribution in [2.45, 2.75) is 89.6 Å². The lowest BCUT2D eigenvalue weighted by Gasteiger charge is -2.38. The molecule has 10 heteroatoms. The summed E-state index contributed by atoms with van der Waals surface area (Å²) in [7, 11) is 0. The Hall–Kier alpha value is -3.43. The van der Waals surface area contributed by atoms with Crippen LogP contribution in [0.25, 0.3) is 11.1 Å². The summed E-state index contributed by atoms with van der Waals surface area (Å²) in [6, 6.07) is 5.51. The normalized spacial score (nSPS) is 22.3. The second kappa shape index (κ2) is 14.8. The van der Waals surface area contributed by atoms with Gasteiger partial charge in [0.05, 0.1) is 5.56 Å². The third-order valence-corrected chi connectivity index (χ3v) is 9.93. The number of rotatable bonds is 10. The second-order valence-electron chi connectivity index (χ2n) is 12.8. The standard InChI is InChI=1S/C37H37F9O/c1-2-3-4-5-21-6-8-22(9-7-21)23-10-12-24(13-11-23)25-14-15-28(29(38)16-25)26-17-32(41)35(33(42)18-26)37(45,46)47-27-19-30(39)34(36(43)44)31(40)20-27/h2-3,14-24,36H,4-13H2,1H3/b3-2+. The maximum absolute atomic E-state index is 15.3. The predicted molar refractivity (Wildman–Crippen MR) is 162 cm³/mol. The van der Waals surface area contributed by atoms with Crippen molar-refractivity contribution in [3.63, 3.8) is 0 Å². The Morgan fingerprint density at radius 1 is 0.745 bits per heavy atom. The molecule has 254 valence electrons. The fraction of sp³-hybridized carbons (Fsp3) is 0.459. The van der Waals surface area contributed by atoms with Crippen LogP contribution in [0.5, 0.6) is 5.75 Å². The molecule has 0 amide bonds. The predicted octanol–water partition coefficient (Wildman–Crippen LogP) is 12.6. The number of benzene rings is 3. The van der Waals surface area contributed by atoms with Crippen LogP contribution in [-0.2, 0) is 6.11 Å². The van der Waals surface area contributed by atoms with Crippen molar-refractivity contribution in [2.24, 2.45) is 17.8 Å². The van der Waals surface area contributed by atoms with E-state index in [2.05, 4.69) is 16.9 Å². The minimum atomic E-state index is -4.80. The smallest absolute Gasteiger partial charge is 0.429 e. The van der Waals surface area contributed by atoms with Crippen molar-refractivity contribution in [3.8, 4) is 16.9 Å². The van der Waals surface area contributed by atoms with Gasteiger partial charge in [-0.1, -0.05) is 37.1 Å². The Labute approximate surface area is 268 Å². The number of alkyl halides is 4. The molecule has 0 unspecified atom stereocenters. The first-order valence-corrected chi connectivity index (χ1v) is 16.1. The number of hydrogen-bond acceptors (Lipinski definition) is 1. The highest BCUT2D eigenvalue weighted by molar-refractivity contribution is 5.65. The summed E-state index contributed by atoms with van der Waals surface area (Å²) in [5.74, 6) is -7.04. The highest BCUT2D eigenvalue weighted by Gasteiger charge is 2.42. The number of halogens is 9. The van der Waals surface area contributed by atoms with Gasteiger partial charge in [0, 0.05) is 17.7 Å². The van der Waals surface area contributed by atoms with Crippen molar-refractivity contribution in [2.75, 3.05) is 0 Å². The largest absolute Gasteiger partial charge is 0.432 e. The van der Waals surface area contributed by atoms with Gasteiger partial charge >= 0.3 is 6.11 Å². The summed E-state index contributed by atoms with van der Waals surface area (Å²) in [4.78, 5) is 0. The summed E-state index contributed by atoms with van der Waals surface area (Å²) in [5.41, 5.74) is -3.32. The molecule has 0 heterocycles. The molecule has 47 heavy (non-hydrogen) atoms. The molecule has 0 saturated heterocycles. The SMILES string of the molecule is C/C=C/CCC1CCC(C2CCC(c3ccc(-c4cc(F)c(C(F)(F)Oc5cc(F)c(C(F)F)c(F)c5)c(F)c4)c(F)c3)CC2)CC1. The van der Waals surface area contributed by atoms with Gasteiger partial charge in [-0.3, -0.25) is 0 Å². The lowest BCUT2D eigenvalue weighted by atomic mass is 9.68. The van der Waals surface area contributed by atoms with Crippen LogP contribution < -0.4 is 4.74 Å². The first kappa shape index (κ1) is 34.9. The minimum Gasteiger partial charge on any atom is -0.429 e. The van der Waals surface area contributed by atoms with Crippen LogP contribution >= 0.6 is 0 Å². The molecular weight excluding hydrogens is 631 g/mol. The van der Waals surface area contributed by atoms with E-state index in [-0.39, 0.29) is 29.2 Å². The van der Waals surface area contributed by atoms with Gasteiger partial charge in [0.25, 0.3) is 6.43 Å². The van der Waals surface area contributed by atoms with Crippen molar-refractivity contribution in [3.05, 3.63) is 100 Å². The molecule has 3 aromatic rings. The number of ether oxygens (including phenoxy) is 1. The molecule has 0 bridgehead atoms. The Kier molecular flexibility index (Phi) is 11.0. The first-order chi connectivity index (χ1) is 22.4. The van der Waals surface area contributed by atoms with Crippen molar-refractivity contribution >= 4 is 0 Å². The molecule has 0 aliphatic heterocycles. The fourth-order valence-corrected chi connectivity index (χ4v) is 7.42. The highest BCUT2D eigenvalue weighted by Crippen LogP contribution is 2.45. The Morgan fingerprint density at radius 2 is 1.32 bits per heavy atom. The Balaban J connectivity index is 1.23. The molecule has 2 fully saturated rings. The maximum Gasteiger partial charge on any atom is 0.432 e. The third kappa shape index (κ3) is 8.00. The molecule has 0 atom stereocenters. The lowest BCUT2D eigenvalue weighted by molar-refractivity contribution is -0.189. The van der Waals surface area contributed by atoms with Crippen LogP contribution in [0.3, 0.4) is 0 Å². The minimum absolute atomic E-state index is 0.0602. The van der Waals surface area contributed by atoms with E-state index in [1.807, 2.05) is 6.92 Å². The van der Waals surface area contributed by atoms with E-state index < -0.39 is 58.5 Å². The zero-order valence-corrected chi connectivity index (χ0v) is 26.0. The van der Waals surface area contributed by atoms with E-state index in [1.165, 1.54) is 44.2 Å². The molecule has 1 nitrogen and oxygen atoms in total. The van der Waals surface area contributed by atoms with Crippen molar-refractivity contribution < 1.29 is 44.3 Å². The Morgan fingerprint density at radius 3 is 1.85 bits per heavy atom.